The molecule has 1 heterocycles. The highest BCUT2D eigenvalue weighted by Gasteiger charge is 2.48. The van der Waals surface area contributed by atoms with Crippen LogP contribution in [0.25, 0.3) is 0 Å². The van der Waals surface area contributed by atoms with Gasteiger partial charge in [-0.25, -0.2) is 9.97 Å². The number of anilines is 1. The Morgan fingerprint density at radius 1 is 0.882 bits per heavy atom. The van der Waals surface area contributed by atoms with Crippen molar-refractivity contribution >= 4 is 5.69 Å². The molecule has 4 fully saturated rings. The zero-order valence-electron chi connectivity index (χ0n) is 10.0. The van der Waals surface area contributed by atoms with Crippen molar-refractivity contribution in [3.05, 3.63) is 18.7 Å². The quantitative estimate of drug-likeness (QED) is 0.847. The van der Waals surface area contributed by atoms with E-state index in [1.54, 1.807) is 6.33 Å². The van der Waals surface area contributed by atoms with Crippen LogP contribution in [0.4, 0.5) is 5.69 Å². The third-order valence-corrected chi connectivity index (χ3v) is 5.12. The van der Waals surface area contributed by atoms with Crippen LogP contribution in [-0.4, -0.2) is 16.0 Å². The van der Waals surface area contributed by atoms with Gasteiger partial charge in [0.05, 0.1) is 18.1 Å². The lowest BCUT2D eigenvalue weighted by Gasteiger charge is -2.54. The summed E-state index contributed by atoms with van der Waals surface area (Å²) >= 11 is 0. The summed E-state index contributed by atoms with van der Waals surface area (Å²) in [4.78, 5) is 8.19. The number of nitrogens with one attached hydrogen (secondary N) is 1. The summed E-state index contributed by atoms with van der Waals surface area (Å²) in [5.41, 5.74) is 1.10. The van der Waals surface area contributed by atoms with E-state index in [0.29, 0.717) is 6.04 Å². The van der Waals surface area contributed by atoms with E-state index in [2.05, 4.69) is 15.3 Å². The molecular weight excluding hydrogens is 210 g/mol. The van der Waals surface area contributed by atoms with Crippen LogP contribution in [0.5, 0.6) is 0 Å². The van der Waals surface area contributed by atoms with Gasteiger partial charge >= 0.3 is 0 Å². The molecule has 17 heavy (non-hydrogen) atoms. The van der Waals surface area contributed by atoms with Crippen LogP contribution in [0, 0.1) is 23.7 Å². The summed E-state index contributed by atoms with van der Waals surface area (Å²) in [5, 5.41) is 3.70. The van der Waals surface area contributed by atoms with E-state index in [-0.39, 0.29) is 0 Å². The molecule has 4 aliphatic rings. The molecule has 0 amide bonds. The molecule has 3 nitrogen and oxygen atoms in total. The molecule has 0 aliphatic heterocycles. The summed E-state index contributed by atoms with van der Waals surface area (Å²) < 4.78 is 0. The van der Waals surface area contributed by atoms with Crippen molar-refractivity contribution in [3.63, 3.8) is 0 Å². The van der Waals surface area contributed by atoms with Crippen molar-refractivity contribution in [2.75, 3.05) is 5.32 Å². The van der Waals surface area contributed by atoms with Gasteiger partial charge in [-0.3, -0.25) is 0 Å². The van der Waals surface area contributed by atoms with Gasteiger partial charge in [-0.05, 0) is 55.8 Å². The Morgan fingerprint density at radius 2 is 1.47 bits per heavy atom. The summed E-state index contributed by atoms with van der Waals surface area (Å²) in [5.74, 6) is 3.91. The Balaban J connectivity index is 1.55. The second-order valence-corrected chi connectivity index (χ2v) is 6.23. The zero-order valence-corrected chi connectivity index (χ0v) is 10.0. The first-order valence-corrected chi connectivity index (χ1v) is 6.90. The number of rotatable bonds is 2. The zero-order chi connectivity index (χ0) is 11.2. The van der Waals surface area contributed by atoms with Crippen LogP contribution in [0.15, 0.2) is 18.7 Å². The molecule has 1 aromatic rings. The van der Waals surface area contributed by atoms with Crippen molar-refractivity contribution in [2.45, 2.75) is 38.1 Å². The first-order chi connectivity index (χ1) is 8.38. The first-order valence-electron chi connectivity index (χ1n) is 6.90. The number of hydrogen-bond donors (Lipinski definition) is 1. The van der Waals surface area contributed by atoms with E-state index in [1.807, 2.05) is 12.4 Å². The molecule has 0 spiro atoms. The number of aromatic nitrogens is 2. The lowest BCUT2D eigenvalue weighted by molar-refractivity contribution is 0.00752. The van der Waals surface area contributed by atoms with E-state index in [4.69, 9.17) is 0 Å². The Morgan fingerprint density at radius 3 is 2.06 bits per heavy atom. The molecule has 0 atom stereocenters. The fourth-order valence-electron chi connectivity index (χ4n) is 4.73. The first kappa shape index (κ1) is 9.86. The molecule has 3 heteroatoms. The molecule has 90 valence electrons. The highest BCUT2D eigenvalue weighted by Crippen LogP contribution is 2.54. The van der Waals surface area contributed by atoms with Gasteiger partial charge < -0.3 is 5.32 Å². The molecule has 4 aliphatic carbocycles. The fraction of sp³-hybridized carbons (Fsp3) is 0.714. The maximum Gasteiger partial charge on any atom is 0.115 e. The molecular formula is C14H19N3. The summed E-state index contributed by atoms with van der Waals surface area (Å²) in [6.07, 6.45) is 12.7. The SMILES string of the molecule is c1ncc(NC2C3CC4CC(C3)CC2C4)cn1. The van der Waals surface area contributed by atoms with Crippen molar-refractivity contribution in [2.24, 2.45) is 23.7 Å². The predicted molar refractivity (Wildman–Crippen MR) is 66.5 cm³/mol. The van der Waals surface area contributed by atoms with Crippen molar-refractivity contribution < 1.29 is 0 Å². The van der Waals surface area contributed by atoms with E-state index >= 15 is 0 Å². The van der Waals surface area contributed by atoms with Crippen LogP contribution in [0.3, 0.4) is 0 Å². The molecule has 0 radical (unpaired) electrons. The monoisotopic (exact) mass is 229 g/mol. The van der Waals surface area contributed by atoms with Crippen molar-refractivity contribution in [3.8, 4) is 0 Å². The Labute approximate surface area is 102 Å². The standard InChI is InChI=1S/C14H19N3/c1-9-2-11-4-10(1)5-12(3-9)14(11)17-13-6-15-8-16-7-13/h6-12,14,17H,1-5H2. The maximum absolute atomic E-state index is 4.09. The lowest BCUT2D eigenvalue weighted by atomic mass is 9.54. The smallest absolute Gasteiger partial charge is 0.115 e. The van der Waals surface area contributed by atoms with Crippen LogP contribution < -0.4 is 5.32 Å². The summed E-state index contributed by atoms with van der Waals surface area (Å²) in [6.45, 7) is 0. The Hall–Kier alpha value is -1.12. The second kappa shape index (κ2) is 3.69. The normalized spacial score (nSPS) is 42.7. The van der Waals surface area contributed by atoms with Gasteiger partial charge in [0.25, 0.3) is 0 Å². The summed E-state index contributed by atoms with van der Waals surface area (Å²) in [6, 6.07) is 0.689. The molecule has 0 saturated heterocycles. The highest BCUT2D eigenvalue weighted by atomic mass is 15.0. The highest BCUT2D eigenvalue weighted by molar-refractivity contribution is 5.39. The lowest BCUT2D eigenvalue weighted by Crippen LogP contribution is -2.51. The Bertz CT molecular complexity index is 375. The Kier molecular flexibility index (Phi) is 2.14. The third-order valence-electron chi connectivity index (χ3n) is 5.12. The van der Waals surface area contributed by atoms with Crippen LogP contribution in [-0.2, 0) is 0 Å². The van der Waals surface area contributed by atoms with Gasteiger partial charge in [-0.15, -0.1) is 0 Å². The van der Waals surface area contributed by atoms with Gasteiger partial charge in [-0.2, -0.15) is 0 Å². The molecule has 4 saturated carbocycles. The van der Waals surface area contributed by atoms with Gasteiger partial charge in [0.1, 0.15) is 6.33 Å². The average molecular weight is 229 g/mol. The number of hydrogen-bond acceptors (Lipinski definition) is 3. The minimum absolute atomic E-state index is 0.689. The maximum atomic E-state index is 4.09. The molecule has 1 N–H and O–H groups in total. The van der Waals surface area contributed by atoms with Crippen molar-refractivity contribution in [1.29, 1.82) is 0 Å². The minimum Gasteiger partial charge on any atom is -0.379 e. The largest absolute Gasteiger partial charge is 0.379 e. The third kappa shape index (κ3) is 1.63. The molecule has 0 unspecified atom stereocenters. The fourth-order valence-corrected chi connectivity index (χ4v) is 4.73. The summed E-state index contributed by atoms with van der Waals surface area (Å²) in [7, 11) is 0. The van der Waals surface area contributed by atoms with Crippen LogP contribution >= 0.6 is 0 Å². The van der Waals surface area contributed by atoms with Gasteiger partial charge in [-0.1, -0.05) is 0 Å². The number of nitrogens with zero attached hydrogens (tertiary/aromatic N) is 2. The van der Waals surface area contributed by atoms with Gasteiger partial charge in [0.2, 0.25) is 0 Å². The van der Waals surface area contributed by atoms with Crippen LogP contribution in [0.2, 0.25) is 0 Å². The van der Waals surface area contributed by atoms with E-state index < -0.39 is 0 Å². The van der Waals surface area contributed by atoms with E-state index in [1.165, 1.54) is 32.1 Å². The average Bonchev–Trinajstić information content (AvgIpc) is 2.34. The van der Waals surface area contributed by atoms with Gasteiger partial charge in [0, 0.05) is 6.04 Å². The van der Waals surface area contributed by atoms with E-state index in [9.17, 15) is 0 Å². The predicted octanol–water partition coefficient (Wildman–Crippen LogP) is 2.71. The van der Waals surface area contributed by atoms with Crippen LogP contribution in [0.1, 0.15) is 32.1 Å². The molecule has 5 rings (SSSR count). The molecule has 0 aromatic carbocycles. The molecule has 4 bridgehead atoms. The second-order valence-electron chi connectivity index (χ2n) is 6.23. The molecule has 1 aromatic heterocycles. The topological polar surface area (TPSA) is 37.8 Å². The van der Waals surface area contributed by atoms with E-state index in [0.717, 1.165) is 29.4 Å². The van der Waals surface area contributed by atoms with Gasteiger partial charge in [0.15, 0.2) is 0 Å². The van der Waals surface area contributed by atoms with Crippen molar-refractivity contribution in [1.82, 2.24) is 9.97 Å². The minimum atomic E-state index is 0.689.